The number of aromatic nitrogens is 1. The molecule has 4 aromatic rings. The highest BCUT2D eigenvalue weighted by molar-refractivity contribution is 6.36. The molecule has 4 rings (SSSR count). The van der Waals surface area contributed by atoms with Gasteiger partial charge in [0.2, 0.25) is 5.91 Å². The van der Waals surface area contributed by atoms with Gasteiger partial charge in [-0.3, -0.25) is 4.79 Å². The van der Waals surface area contributed by atoms with Crippen molar-refractivity contribution in [2.24, 2.45) is 0 Å². The fraction of sp³-hybridized carbons (Fsp3) is 0.167. The maximum atomic E-state index is 12.5. The Morgan fingerprint density at radius 3 is 2.72 bits per heavy atom. The van der Waals surface area contributed by atoms with E-state index in [4.69, 9.17) is 36.9 Å². The number of carbonyl (C=O) groups is 1. The molecule has 8 heteroatoms. The topological polar surface area (TPSA) is 77.5 Å². The molecule has 0 spiro atoms. The van der Waals surface area contributed by atoms with Crippen LogP contribution in [0.4, 0.5) is 5.82 Å². The highest BCUT2D eigenvalue weighted by Crippen LogP contribution is 2.42. The van der Waals surface area contributed by atoms with Gasteiger partial charge in [-0.05, 0) is 44.5 Å². The highest BCUT2D eigenvalue weighted by Gasteiger charge is 2.20. The number of allylic oxidation sites excluding steroid dienone is 1. The van der Waals surface area contributed by atoms with Crippen molar-refractivity contribution in [3.8, 4) is 16.9 Å². The van der Waals surface area contributed by atoms with E-state index in [-0.39, 0.29) is 5.91 Å². The predicted octanol–water partition coefficient (Wildman–Crippen LogP) is 7.14. The summed E-state index contributed by atoms with van der Waals surface area (Å²) in [5, 5.41) is 8.29. The number of nitrogens with one attached hydrogen (secondary N) is 1. The number of furan rings is 1. The molecule has 0 aliphatic heterocycles. The first-order valence-corrected chi connectivity index (χ1v) is 10.7. The Labute approximate surface area is 194 Å². The molecule has 32 heavy (non-hydrogen) atoms. The third kappa shape index (κ3) is 4.24. The highest BCUT2D eigenvalue weighted by atomic mass is 35.5. The maximum absolute atomic E-state index is 12.5. The third-order valence-electron chi connectivity index (χ3n) is 5.02. The summed E-state index contributed by atoms with van der Waals surface area (Å²) >= 11 is 12.5. The van der Waals surface area contributed by atoms with Crippen LogP contribution in [-0.2, 0) is 4.79 Å². The monoisotopic (exact) mass is 470 g/mol. The van der Waals surface area contributed by atoms with Crippen LogP contribution in [0.25, 0.3) is 27.7 Å². The zero-order valence-corrected chi connectivity index (χ0v) is 19.2. The predicted molar refractivity (Wildman–Crippen MR) is 126 cm³/mol. The van der Waals surface area contributed by atoms with Crippen molar-refractivity contribution in [2.75, 3.05) is 11.9 Å². The molecule has 2 aromatic heterocycles. The van der Waals surface area contributed by atoms with Crippen LogP contribution in [0.1, 0.15) is 25.0 Å². The second kappa shape index (κ2) is 9.10. The molecule has 0 aliphatic rings. The first-order valence-electron chi connectivity index (χ1n) is 9.92. The van der Waals surface area contributed by atoms with E-state index in [9.17, 15) is 4.79 Å². The Bertz CT molecular complexity index is 1320. The summed E-state index contributed by atoms with van der Waals surface area (Å²) in [6, 6.07) is 8.85. The fourth-order valence-corrected chi connectivity index (χ4v) is 4.08. The largest absolute Gasteiger partial charge is 0.493 e. The average molecular weight is 471 g/mol. The molecule has 0 radical (unpaired) electrons. The number of aryl methyl sites for hydroxylation is 1. The van der Waals surface area contributed by atoms with Gasteiger partial charge in [0, 0.05) is 44.8 Å². The molecule has 0 fully saturated rings. The van der Waals surface area contributed by atoms with Gasteiger partial charge < -0.3 is 19.0 Å². The van der Waals surface area contributed by atoms with Crippen molar-refractivity contribution in [1.29, 1.82) is 0 Å². The van der Waals surface area contributed by atoms with Gasteiger partial charge in [0.1, 0.15) is 17.6 Å². The molecule has 0 atom stereocenters. The molecular formula is C24H20Cl2N2O4. The fourth-order valence-electron chi connectivity index (χ4n) is 3.57. The number of halogens is 2. The Morgan fingerprint density at radius 2 is 2.03 bits per heavy atom. The van der Waals surface area contributed by atoms with Gasteiger partial charge in [-0.2, -0.15) is 0 Å². The van der Waals surface area contributed by atoms with Crippen LogP contribution < -0.4 is 10.1 Å². The standard InChI is InChI=1S/C24H20Cl2N2O4/c1-4-30-23-14(3)24-18(19(12-31-24)16-6-5-15(25)10-20(16)26)11-17(23)13(2)9-22(29)27-21-7-8-32-28-21/h5-12H,4H2,1-3H3,(H,27,28,29)/b13-9+. The molecule has 2 aromatic carbocycles. The van der Waals surface area contributed by atoms with Crippen molar-refractivity contribution in [1.82, 2.24) is 5.16 Å². The Kier molecular flexibility index (Phi) is 6.26. The van der Waals surface area contributed by atoms with Crippen LogP contribution >= 0.6 is 23.2 Å². The van der Waals surface area contributed by atoms with E-state index >= 15 is 0 Å². The summed E-state index contributed by atoms with van der Waals surface area (Å²) in [6.45, 7) is 6.15. The molecule has 164 valence electrons. The Balaban J connectivity index is 1.84. The lowest BCUT2D eigenvalue weighted by Crippen LogP contribution is -2.09. The quantitative estimate of drug-likeness (QED) is 0.302. The molecule has 1 N–H and O–H groups in total. The van der Waals surface area contributed by atoms with Crippen molar-refractivity contribution in [2.45, 2.75) is 20.8 Å². The lowest BCUT2D eigenvalue weighted by atomic mass is 9.96. The molecule has 0 unspecified atom stereocenters. The number of benzene rings is 2. The zero-order valence-electron chi connectivity index (χ0n) is 17.7. The molecule has 0 saturated carbocycles. The van der Waals surface area contributed by atoms with Gasteiger partial charge in [0.15, 0.2) is 5.82 Å². The number of anilines is 1. The first-order chi connectivity index (χ1) is 15.4. The summed E-state index contributed by atoms with van der Waals surface area (Å²) < 4.78 is 16.6. The minimum Gasteiger partial charge on any atom is -0.493 e. The van der Waals surface area contributed by atoms with Crippen LogP contribution in [0.15, 0.2) is 57.9 Å². The lowest BCUT2D eigenvalue weighted by molar-refractivity contribution is -0.111. The van der Waals surface area contributed by atoms with Gasteiger partial charge in [0.05, 0.1) is 17.9 Å². The number of hydrogen-bond acceptors (Lipinski definition) is 5. The second-order valence-corrected chi connectivity index (χ2v) is 8.01. The maximum Gasteiger partial charge on any atom is 0.249 e. The van der Waals surface area contributed by atoms with Crippen LogP contribution in [0.2, 0.25) is 10.0 Å². The van der Waals surface area contributed by atoms with Crippen LogP contribution in [0.3, 0.4) is 0 Å². The molecular weight excluding hydrogens is 451 g/mol. The van der Waals surface area contributed by atoms with E-state index in [1.165, 1.54) is 12.3 Å². The van der Waals surface area contributed by atoms with Crippen molar-refractivity contribution < 1.29 is 18.5 Å². The number of ether oxygens (including phenoxy) is 1. The lowest BCUT2D eigenvalue weighted by Gasteiger charge is -2.15. The van der Waals surface area contributed by atoms with Gasteiger partial charge in [-0.1, -0.05) is 34.4 Å². The Morgan fingerprint density at radius 1 is 1.22 bits per heavy atom. The van der Waals surface area contributed by atoms with Crippen LogP contribution in [0, 0.1) is 6.92 Å². The minimum atomic E-state index is -0.329. The molecule has 2 heterocycles. The molecule has 0 saturated heterocycles. The number of hydrogen-bond donors (Lipinski definition) is 1. The third-order valence-corrected chi connectivity index (χ3v) is 5.56. The van der Waals surface area contributed by atoms with E-state index in [2.05, 4.69) is 10.5 Å². The van der Waals surface area contributed by atoms with Gasteiger partial charge in [0.25, 0.3) is 0 Å². The molecule has 0 aliphatic carbocycles. The molecule has 6 nitrogen and oxygen atoms in total. The van der Waals surface area contributed by atoms with E-state index in [0.29, 0.717) is 39.4 Å². The smallest absolute Gasteiger partial charge is 0.249 e. The summed E-state index contributed by atoms with van der Waals surface area (Å²) in [4.78, 5) is 12.5. The van der Waals surface area contributed by atoms with E-state index in [1.54, 1.807) is 24.5 Å². The van der Waals surface area contributed by atoms with Crippen LogP contribution in [-0.4, -0.2) is 17.7 Å². The van der Waals surface area contributed by atoms with Gasteiger partial charge in [-0.25, -0.2) is 0 Å². The van der Waals surface area contributed by atoms with Gasteiger partial charge >= 0.3 is 0 Å². The number of amides is 1. The minimum absolute atomic E-state index is 0.329. The summed E-state index contributed by atoms with van der Waals surface area (Å²) in [6.07, 6.45) is 4.55. The van der Waals surface area contributed by atoms with Crippen molar-refractivity contribution >= 4 is 51.5 Å². The van der Waals surface area contributed by atoms with Crippen LogP contribution in [0.5, 0.6) is 5.75 Å². The van der Waals surface area contributed by atoms with E-state index < -0.39 is 0 Å². The molecule has 0 bridgehead atoms. The first kappa shape index (κ1) is 22.0. The number of rotatable bonds is 6. The number of carbonyl (C=O) groups excluding carboxylic acids is 1. The summed E-state index contributed by atoms with van der Waals surface area (Å²) in [5.41, 5.74) is 4.65. The Hall–Kier alpha value is -3.22. The second-order valence-electron chi connectivity index (χ2n) is 7.16. The SMILES string of the molecule is CCOc1c(/C(C)=C/C(=O)Nc2ccon2)cc2c(-c3ccc(Cl)cc3Cl)coc2c1C. The summed E-state index contributed by atoms with van der Waals surface area (Å²) in [5.74, 6) is 0.668. The zero-order chi connectivity index (χ0) is 22.8. The van der Waals surface area contributed by atoms with Gasteiger partial charge in [-0.15, -0.1) is 0 Å². The van der Waals surface area contributed by atoms with Crippen molar-refractivity contribution in [3.63, 3.8) is 0 Å². The molecule has 1 amide bonds. The normalized spacial score (nSPS) is 11.7. The average Bonchev–Trinajstić information content (AvgIpc) is 3.40. The summed E-state index contributed by atoms with van der Waals surface area (Å²) in [7, 11) is 0. The van der Waals surface area contributed by atoms with E-state index in [1.807, 2.05) is 32.9 Å². The number of fused-ring (bicyclic) bond motifs is 1. The number of nitrogens with zero attached hydrogens (tertiary/aromatic N) is 1. The van der Waals surface area contributed by atoms with Crippen molar-refractivity contribution in [3.05, 3.63) is 70.1 Å². The van der Waals surface area contributed by atoms with E-state index in [0.717, 1.165) is 27.6 Å².